The molecule has 0 aliphatic heterocycles. The third-order valence-corrected chi connectivity index (χ3v) is 16.1. The van der Waals surface area contributed by atoms with Crippen LogP contribution in [0, 0.1) is 6.08 Å². The minimum absolute atomic E-state index is 0. The van der Waals surface area contributed by atoms with Gasteiger partial charge in [-0.1, -0.05) is 221 Å². The van der Waals surface area contributed by atoms with E-state index in [0.29, 0.717) is 0 Å². The summed E-state index contributed by atoms with van der Waals surface area (Å²) in [7, 11) is -2.97. The zero-order chi connectivity index (χ0) is 38.8. The molecule has 0 N–H and O–H groups in total. The van der Waals surface area contributed by atoms with Crippen LogP contribution in [-0.2, 0) is 54.2 Å². The molecule has 0 atom stereocenters. The van der Waals surface area contributed by atoms with E-state index in [1.165, 1.54) is 54.5 Å². The van der Waals surface area contributed by atoms with Gasteiger partial charge in [0.1, 0.15) is 0 Å². The zero-order valence-corrected chi connectivity index (χ0v) is 42.9. The number of halogens is 3. The second-order valence-electron chi connectivity index (χ2n) is 21.9. The average molecular weight is 856 g/mol. The summed E-state index contributed by atoms with van der Waals surface area (Å²) >= 11 is 0. The van der Waals surface area contributed by atoms with Gasteiger partial charge < -0.3 is 37.2 Å². The van der Waals surface area contributed by atoms with Gasteiger partial charge in [-0.15, -0.1) is 0 Å². The molecule has 0 saturated carbocycles. The van der Waals surface area contributed by atoms with Crippen LogP contribution in [0.3, 0.4) is 0 Å². The number of hydrogen-bond donors (Lipinski definition) is 0. The van der Waals surface area contributed by atoms with Crippen LogP contribution >= 0.6 is 0 Å². The molecule has 0 aromatic heterocycles. The van der Waals surface area contributed by atoms with E-state index in [9.17, 15) is 0 Å². The Bertz CT molecular complexity index is 1540. The topological polar surface area (TPSA) is 0 Å². The molecular weight excluding hydrogens is 783 g/mol. The van der Waals surface area contributed by atoms with Gasteiger partial charge in [0.05, 0.1) is 8.07 Å². The summed E-state index contributed by atoms with van der Waals surface area (Å²) < 4.78 is 0. The molecular formula is C50H73Cl3SiTi. The Morgan fingerprint density at radius 2 is 0.673 bits per heavy atom. The first-order valence-corrected chi connectivity index (χ1v) is 21.8. The Balaban J connectivity index is 0.00000729. The van der Waals surface area contributed by atoms with E-state index < -0.39 is 8.07 Å². The van der Waals surface area contributed by atoms with Gasteiger partial charge in [0.25, 0.3) is 0 Å². The zero-order valence-electron chi connectivity index (χ0n) is 38.0. The molecule has 55 heavy (non-hydrogen) atoms. The Morgan fingerprint density at radius 3 is 0.873 bits per heavy atom. The van der Waals surface area contributed by atoms with Crippen LogP contribution in [0.5, 0.6) is 0 Å². The van der Waals surface area contributed by atoms with E-state index >= 15 is 0 Å². The van der Waals surface area contributed by atoms with Crippen LogP contribution in [0.4, 0.5) is 0 Å². The first-order chi connectivity index (χ1) is 23.0. The summed E-state index contributed by atoms with van der Waals surface area (Å²) in [6.45, 7) is 45.4. The summed E-state index contributed by atoms with van der Waals surface area (Å²) in [5.41, 5.74) is 10.1. The summed E-state index contributed by atoms with van der Waals surface area (Å²) in [5.74, 6) is 0. The van der Waals surface area contributed by atoms with Gasteiger partial charge in [0, 0.05) is 0 Å². The van der Waals surface area contributed by atoms with Gasteiger partial charge in [-0.05, 0) is 65.9 Å². The van der Waals surface area contributed by atoms with Crippen molar-refractivity contribution in [3.63, 3.8) is 0 Å². The summed E-state index contributed by atoms with van der Waals surface area (Å²) in [4.78, 5) is 0. The Morgan fingerprint density at radius 1 is 0.436 bits per heavy atom. The van der Waals surface area contributed by atoms with E-state index in [1.54, 1.807) is 5.20 Å². The number of allylic oxidation sites excluding steroid dienone is 4. The number of hydrogen-bond acceptors (Lipinski definition) is 0. The predicted octanol–water partition coefficient (Wildman–Crippen LogP) is 3.35. The van der Waals surface area contributed by atoms with Gasteiger partial charge in [-0.2, -0.15) is 6.08 Å². The molecule has 0 amide bonds. The van der Waals surface area contributed by atoms with E-state index in [0.717, 1.165) is 19.3 Å². The largest absolute Gasteiger partial charge is 4.00 e. The maximum absolute atomic E-state index is 3.88. The third-order valence-electron chi connectivity index (χ3n) is 11.2. The van der Waals surface area contributed by atoms with Crippen molar-refractivity contribution in [3.05, 3.63) is 111 Å². The van der Waals surface area contributed by atoms with Gasteiger partial charge in [-0.25, -0.2) is 10.8 Å². The van der Waals surface area contributed by atoms with Crippen LogP contribution in [0.2, 0.25) is 0 Å². The van der Waals surface area contributed by atoms with Crippen LogP contribution in [-0.4, -0.2) is 8.07 Å². The van der Waals surface area contributed by atoms with Crippen molar-refractivity contribution in [3.8, 4) is 0 Å². The minimum atomic E-state index is -2.97. The first kappa shape index (κ1) is 53.9. The molecule has 0 spiro atoms. The molecule has 302 valence electrons. The molecule has 1 aliphatic carbocycles. The summed E-state index contributed by atoms with van der Waals surface area (Å²) in [5, 5.41) is 6.21. The van der Waals surface area contributed by atoms with Crippen LogP contribution in [0.15, 0.2) is 71.4 Å². The minimum Gasteiger partial charge on any atom is -1.00 e. The molecule has 0 heterocycles. The Labute approximate surface area is 374 Å². The maximum Gasteiger partial charge on any atom is 4.00 e. The summed E-state index contributed by atoms with van der Waals surface area (Å²) in [6.07, 6.45) is 9.37. The fourth-order valence-electron chi connectivity index (χ4n) is 7.49. The van der Waals surface area contributed by atoms with Crippen molar-refractivity contribution in [2.75, 3.05) is 0 Å². The number of rotatable bonds is 6. The van der Waals surface area contributed by atoms with E-state index in [-0.39, 0.29) is 91.4 Å². The molecule has 4 rings (SSSR count). The van der Waals surface area contributed by atoms with Crippen molar-refractivity contribution >= 4 is 23.6 Å². The fraction of sp³-hybridized carbons (Fsp3) is 0.560. The summed E-state index contributed by atoms with van der Waals surface area (Å²) in [6, 6.07) is 23.4. The van der Waals surface area contributed by atoms with E-state index in [4.69, 9.17) is 0 Å². The fourth-order valence-corrected chi connectivity index (χ4v) is 12.8. The smallest absolute Gasteiger partial charge is 1.00 e. The molecule has 0 fully saturated rings. The van der Waals surface area contributed by atoms with Crippen molar-refractivity contribution in [1.29, 1.82) is 0 Å². The van der Waals surface area contributed by atoms with Gasteiger partial charge >= 0.3 is 21.7 Å². The third kappa shape index (κ3) is 11.8. The Hall–Kier alpha value is -1.06. The molecule has 0 unspecified atom stereocenters. The van der Waals surface area contributed by atoms with Crippen LogP contribution < -0.4 is 52.8 Å². The van der Waals surface area contributed by atoms with Crippen molar-refractivity contribution in [2.45, 2.75) is 183 Å². The molecule has 3 aromatic rings. The molecule has 3 aromatic carbocycles. The monoisotopic (exact) mass is 854 g/mol. The maximum atomic E-state index is 3.88. The second kappa shape index (κ2) is 18.5. The van der Waals surface area contributed by atoms with E-state index in [2.05, 4.69) is 198 Å². The van der Waals surface area contributed by atoms with Crippen molar-refractivity contribution < 1.29 is 58.9 Å². The average Bonchev–Trinajstić information content (AvgIpc) is 3.43. The van der Waals surface area contributed by atoms with Crippen LogP contribution in [0.25, 0.3) is 0 Å². The molecule has 0 bridgehead atoms. The Kier molecular flexibility index (Phi) is 18.1. The van der Waals surface area contributed by atoms with E-state index in [1.807, 2.05) is 0 Å². The van der Waals surface area contributed by atoms with Crippen molar-refractivity contribution in [2.24, 2.45) is 0 Å². The quantitative estimate of drug-likeness (QED) is 0.203. The van der Waals surface area contributed by atoms with Gasteiger partial charge in [0.2, 0.25) is 0 Å². The molecule has 5 heteroatoms. The normalized spacial score (nSPS) is 14.2. The second-order valence-corrected chi connectivity index (χ2v) is 25.7. The van der Waals surface area contributed by atoms with Crippen molar-refractivity contribution in [1.82, 2.24) is 0 Å². The molecule has 0 radical (unpaired) electrons. The standard InChI is InChI=1S/C50H73Si.3ClH.Ti/c1-20-22-34-23-21-24-44(34)51(41-28-35(45(2,3)4)25-36(29-41)46(5,6)7,42-30-37(47(8,9)10)26-38(31-42)48(11,12)13)43-32-39(49(14,15)16)27-40(33-43)50(17,18)19;;;;/h21,25-33H,20,22,24H2,1-19H3;3*1H;/q-1;;;;+4/p-3. The predicted molar refractivity (Wildman–Crippen MR) is 231 cm³/mol. The van der Waals surface area contributed by atoms with Crippen LogP contribution in [0.1, 0.15) is 184 Å². The van der Waals surface area contributed by atoms with Gasteiger partial charge in [-0.3, -0.25) is 6.08 Å². The molecule has 0 nitrogen and oxygen atoms in total. The molecule has 1 aliphatic rings. The first-order valence-electron chi connectivity index (χ1n) is 19.8. The SMILES string of the molecule is CCCC1=C([Si](c2cc(C(C)(C)C)cc(C(C)(C)C)c2)(c2cc(C(C)(C)C)cc(C(C)(C)C)c2)c2cc(C(C)(C)C)cc(C(C)(C)C)c2)CC=[C-]1.[Cl-].[Cl-].[Cl-].[Ti+4]. The van der Waals surface area contributed by atoms with Gasteiger partial charge in [0.15, 0.2) is 0 Å². The number of benzene rings is 3. The molecule has 0 saturated heterocycles.